The van der Waals surface area contributed by atoms with Crippen LogP contribution in [0.15, 0.2) is 162 Å². The third-order valence-corrected chi connectivity index (χ3v) is 9.89. The molecule has 0 N–H and O–H groups in total. The van der Waals surface area contributed by atoms with Gasteiger partial charge in [-0.2, -0.15) is 0 Å². The number of benzene rings is 7. The maximum absolute atomic E-state index is 6.28. The van der Waals surface area contributed by atoms with Gasteiger partial charge in [0.15, 0.2) is 0 Å². The zero-order chi connectivity index (χ0) is 30.9. The molecule has 9 aromatic rings. The molecule has 0 amide bonds. The lowest BCUT2D eigenvalue weighted by Crippen LogP contribution is -2.20. The third-order valence-electron chi connectivity index (χ3n) is 9.89. The molecule has 3 heterocycles. The van der Waals surface area contributed by atoms with E-state index in [1.54, 1.807) is 0 Å². The van der Waals surface area contributed by atoms with Crippen LogP contribution >= 0.6 is 0 Å². The lowest BCUT2D eigenvalue weighted by atomic mass is 9.91. The van der Waals surface area contributed by atoms with Crippen molar-refractivity contribution in [3.63, 3.8) is 0 Å². The lowest BCUT2D eigenvalue weighted by Gasteiger charge is -2.24. The average molecular weight is 603 g/mol. The number of fused-ring (bicyclic) bond motifs is 9. The lowest BCUT2D eigenvalue weighted by molar-refractivity contribution is 0.669. The maximum atomic E-state index is 6.28. The van der Waals surface area contributed by atoms with Crippen LogP contribution in [-0.4, -0.2) is 4.57 Å². The molecule has 0 aliphatic carbocycles. The summed E-state index contributed by atoms with van der Waals surface area (Å²) < 4.78 is 8.71. The topological polar surface area (TPSA) is 21.3 Å². The number of anilines is 1. The molecule has 222 valence electrons. The number of hydrogen-bond acceptors (Lipinski definition) is 2. The van der Waals surface area contributed by atoms with E-state index in [-0.39, 0.29) is 0 Å². The fourth-order valence-corrected chi connectivity index (χ4v) is 7.73. The quantitative estimate of drug-likeness (QED) is 0.201. The first-order valence-electron chi connectivity index (χ1n) is 16.3. The van der Waals surface area contributed by atoms with E-state index in [1.165, 1.54) is 71.9 Å². The molecule has 0 unspecified atom stereocenters. The van der Waals surface area contributed by atoms with E-state index >= 15 is 0 Å². The van der Waals surface area contributed by atoms with Crippen LogP contribution in [-0.2, 0) is 13.1 Å². The predicted molar refractivity (Wildman–Crippen MR) is 195 cm³/mol. The number of hydrogen-bond donors (Lipinski definition) is 0. The Balaban J connectivity index is 1.22. The molecule has 0 bridgehead atoms. The molecular weight excluding hydrogens is 572 g/mol. The van der Waals surface area contributed by atoms with Crippen molar-refractivity contribution in [1.29, 1.82) is 0 Å². The Morgan fingerprint density at radius 2 is 1.04 bits per heavy atom. The van der Waals surface area contributed by atoms with Gasteiger partial charge < -0.3 is 13.9 Å². The second-order valence-corrected chi connectivity index (χ2v) is 12.6. The number of rotatable bonds is 3. The zero-order valence-electron chi connectivity index (χ0n) is 25.7. The Kier molecular flexibility index (Phi) is 5.70. The molecule has 0 atom stereocenters. The Morgan fingerprint density at radius 1 is 0.426 bits per heavy atom. The van der Waals surface area contributed by atoms with Gasteiger partial charge in [0.05, 0.1) is 11.0 Å². The normalized spacial score (nSPS) is 12.9. The fraction of sp³-hybridized carbons (Fsp3) is 0.0455. The molecule has 7 aromatic carbocycles. The van der Waals surface area contributed by atoms with E-state index in [0.717, 1.165) is 29.6 Å². The van der Waals surface area contributed by atoms with Crippen molar-refractivity contribution in [3.8, 4) is 27.9 Å². The first-order chi connectivity index (χ1) is 23.3. The molecule has 3 heteroatoms. The summed E-state index contributed by atoms with van der Waals surface area (Å²) in [6.45, 7) is 1.66. The Morgan fingerprint density at radius 3 is 1.81 bits per heavy atom. The van der Waals surface area contributed by atoms with Crippen molar-refractivity contribution in [2.24, 2.45) is 0 Å². The smallest absolute Gasteiger partial charge is 0.136 e. The van der Waals surface area contributed by atoms with Gasteiger partial charge in [0.1, 0.15) is 11.2 Å². The zero-order valence-corrected chi connectivity index (χ0v) is 25.7. The summed E-state index contributed by atoms with van der Waals surface area (Å²) in [5.74, 6) is 0. The summed E-state index contributed by atoms with van der Waals surface area (Å²) in [6.07, 6.45) is 0. The summed E-state index contributed by atoms with van der Waals surface area (Å²) in [5.41, 5.74) is 14.3. The Hall–Kier alpha value is -6.06. The van der Waals surface area contributed by atoms with Crippen LogP contribution in [0, 0.1) is 0 Å². The number of nitrogens with zero attached hydrogens (tertiary/aromatic N) is 2. The van der Waals surface area contributed by atoms with Crippen molar-refractivity contribution >= 4 is 49.4 Å². The molecule has 0 saturated heterocycles. The van der Waals surface area contributed by atoms with Crippen LogP contribution in [0.4, 0.5) is 5.69 Å². The van der Waals surface area contributed by atoms with E-state index in [9.17, 15) is 0 Å². The molecule has 2 aromatic heterocycles. The number of furan rings is 1. The fourth-order valence-electron chi connectivity index (χ4n) is 7.73. The van der Waals surface area contributed by atoms with Gasteiger partial charge in [-0.3, -0.25) is 0 Å². The minimum atomic E-state index is 0.831. The maximum Gasteiger partial charge on any atom is 0.136 e. The van der Waals surface area contributed by atoms with Crippen LogP contribution in [0.1, 0.15) is 11.1 Å². The van der Waals surface area contributed by atoms with Crippen molar-refractivity contribution in [1.82, 2.24) is 4.57 Å². The van der Waals surface area contributed by atoms with E-state index in [1.807, 2.05) is 6.07 Å². The van der Waals surface area contributed by atoms with Crippen LogP contribution in [0.2, 0.25) is 0 Å². The summed E-state index contributed by atoms with van der Waals surface area (Å²) in [6, 6.07) is 57.1. The summed E-state index contributed by atoms with van der Waals surface area (Å²) >= 11 is 0. The van der Waals surface area contributed by atoms with E-state index in [4.69, 9.17) is 4.42 Å². The predicted octanol–water partition coefficient (Wildman–Crippen LogP) is 11.5. The highest BCUT2D eigenvalue weighted by molar-refractivity contribution is 6.13. The standard InChI is InChI=1S/C44H30N2O/c1-2-11-32(12-3-1)45-27-30-22-21-29(34-16-10-20-43-44(34)37-15-6-9-19-42(37)47-43)25-38(30)39-26-33(24-23-31(39)28-45)46-40-17-7-4-13-35(40)36-14-5-8-18-41(36)46/h1-26H,27-28H2. The van der Waals surface area contributed by atoms with Crippen LogP contribution in [0.3, 0.4) is 0 Å². The number of aromatic nitrogens is 1. The van der Waals surface area contributed by atoms with Gasteiger partial charge in [-0.1, -0.05) is 103 Å². The minimum absolute atomic E-state index is 0.831. The van der Waals surface area contributed by atoms with Gasteiger partial charge in [-0.15, -0.1) is 0 Å². The molecule has 0 radical (unpaired) electrons. The monoisotopic (exact) mass is 602 g/mol. The molecule has 0 fully saturated rings. The van der Waals surface area contributed by atoms with Gasteiger partial charge >= 0.3 is 0 Å². The Bertz CT molecular complexity index is 2590. The first kappa shape index (κ1) is 26.2. The highest BCUT2D eigenvalue weighted by Crippen LogP contribution is 2.42. The molecule has 1 aliphatic rings. The molecule has 1 aliphatic heterocycles. The van der Waals surface area contributed by atoms with Crippen molar-refractivity contribution in [2.45, 2.75) is 13.1 Å². The van der Waals surface area contributed by atoms with E-state index < -0.39 is 0 Å². The molecule has 3 nitrogen and oxygen atoms in total. The second-order valence-electron chi connectivity index (χ2n) is 12.6. The van der Waals surface area contributed by atoms with Gasteiger partial charge in [0, 0.05) is 46.0 Å². The van der Waals surface area contributed by atoms with Gasteiger partial charge in [-0.05, 0) is 88.0 Å². The summed E-state index contributed by atoms with van der Waals surface area (Å²) in [4.78, 5) is 2.49. The first-order valence-corrected chi connectivity index (χ1v) is 16.3. The largest absolute Gasteiger partial charge is 0.456 e. The second kappa shape index (κ2) is 10.2. The van der Waals surface area contributed by atoms with Crippen LogP contribution < -0.4 is 4.90 Å². The summed E-state index contributed by atoms with van der Waals surface area (Å²) in [5, 5.41) is 4.87. The average Bonchev–Trinajstić information content (AvgIpc) is 3.63. The SMILES string of the molecule is c1ccc(N2Cc3ccc(-c4cccc5oc6ccccc6c45)cc3-c3cc(-n4c5ccccc5c5ccccc54)ccc3C2)cc1. The van der Waals surface area contributed by atoms with E-state index in [0.29, 0.717) is 0 Å². The van der Waals surface area contributed by atoms with Crippen molar-refractivity contribution in [2.75, 3.05) is 4.90 Å². The van der Waals surface area contributed by atoms with Crippen molar-refractivity contribution < 1.29 is 4.42 Å². The van der Waals surface area contributed by atoms with Gasteiger partial charge in [0.2, 0.25) is 0 Å². The molecule has 0 spiro atoms. The number of para-hydroxylation sites is 4. The molecule has 47 heavy (non-hydrogen) atoms. The highest BCUT2D eigenvalue weighted by atomic mass is 16.3. The third kappa shape index (κ3) is 4.06. The highest BCUT2D eigenvalue weighted by Gasteiger charge is 2.23. The molecule has 0 saturated carbocycles. The van der Waals surface area contributed by atoms with Gasteiger partial charge in [-0.25, -0.2) is 0 Å². The van der Waals surface area contributed by atoms with Crippen molar-refractivity contribution in [3.05, 3.63) is 169 Å². The molecular formula is C44H30N2O. The summed E-state index contributed by atoms with van der Waals surface area (Å²) in [7, 11) is 0. The van der Waals surface area contributed by atoms with Gasteiger partial charge in [0.25, 0.3) is 0 Å². The van der Waals surface area contributed by atoms with E-state index in [2.05, 4.69) is 161 Å². The molecule has 10 rings (SSSR count). The van der Waals surface area contributed by atoms with Crippen LogP contribution in [0.5, 0.6) is 0 Å². The van der Waals surface area contributed by atoms with Crippen LogP contribution in [0.25, 0.3) is 71.7 Å². The minimum Gasteiger partial charge on any atom is -0.456 e. The Labute approximate surface area is 272 Å².